The van der Waals surface area contributed by atoms with E-state index in [1.54, 1.807) is 7.11 Å². The maximum absolute atomic E-state index is 12.8. The highest BCUT2D eigenvalue weighted by molar-refractivity contribution is 7.13. The average Bonchev–Trinajstić information content (AvgIpc) is 2.87. The number of carbonyl (C=O) groups excluding carboxylic acids is 1. The molecule has 1 N–H and O–H groups in total. The highest BCUT2D eigenvalue weighted by Gasteiger charge is 2.45. The van der Waals surface area contributed by atoms with Gasteiger partial charge in [-0.25, -0.2) is 4.98 Å². The van der Waals surface area contributed by atoms with Gasteiger partial charge < -0.3 is 10.1 Å². The van der Waals surface area contributed by atoms with E-state index in [1.807, 2.05) is 29.6 Å². The fraction of sp³-hybridized carbons (Fsp3) is 0.375. The lowest BCUT2D eigenvalue weighted by Gasteiger charge is -2.40. The number of benzene rings is 1. The normalized spacial score (nSPS) is 16.1. The molecular formula is C16H17ClN2O2S. The fourth-order valence-corrected chi connectivity index (χ4v) is 3.56. The third-order valence-corrected chi connectivity index (χ3v) is 5.16. The molecule has 1 aromatic carbocycles. The maximum atomic E-state index is 12.8. The first-order chi connectivity index (χ1) is 10.6. The summed E-state index contributed by atoms with van der Waals surface area (Å²) >= 11 is 7.37. The molecule has 0 unspecified atom stereocenters. The monoisotopic (exact) mass is 336 g/mol. The van der Waals surface area contributed by atoms with Crippen LogP contribution in [0.4, 0.5) is 5.13 Å². The minimum absolute atomic E-state index is 0.0133. The molecule has 1 aliphatic rings. The maximum Gasteiger partial charge on any atom is 0.236 e. The number of anilines is 1. The highest BCUT2D eigenvalue weighted by atomic mass is 35.5. The molecule has 2 aromatic rings. The summed E-state index contributed by atoms with van der Waals surface area (Å²) in [6, 6.07) is 7.56. The molecule has 116 valence electrons. The zero-order valence-corrected chi connectivity index (χ0v) is 13.8. The summed E-state index contributed by atoms with van der Waals surface area (Å²) in [5.41, 5.74) is 1.41. The van der Waals surface area contributed by atoms with Crippen LogP contribution in [0.15, 0.2) is 29.6 Å². The van der Waals surface area contributed by atoms with E-state index < -0.39 is 5.41 Å². The Morgan fingerprint density at radius 3 is 2.73 bits per heavy atom. The smallest absolute Gasteiger partial charge is 0.236 e. The van der Waals surface area contributed by atoms with Crippen LogP contribution in [0.25, 0.3) is 0 Å². The molecule has 0 bridgehead atoms. The van der Waals surface area contributed by atoms with E-state index >= 15 is 0 Å². The Morgan fingerprint density at radius 2 is 2.14 bits per heavy atom. The molecule has 0 spiro atoms. The molecule has 0 radical (unpaired) electrons. The Morgan fingerprint density at radius 1 is 1.41 bits per heavy atom. The van der Waals surface area contributed by atoms with E-state index in [2.05, 4.69) is 10.3 Å². The minimum atomic E-state index is -0.447. The van der Waals surface area contributed by atoms with Crippen molar-refractivity contribution in [2.45, 2.75) is 31.3 Å². The van der Waals surface area contributed by atoms with Gasteiger partial charge in [-0.2, -0.15) is 0 Å². The van der Waals surface area contributed by atoms with Gasteiger partial charge >= 0.3 is 0 Å². The number of hydrogen-bond donors (Lipinski definition) is 1. The second-order valence-corrected chi connectivity index (χ2v) is 6.77. The van der Waals surface area contributed by atoms with Crippen molar-refractivity contribution in [3.05, 3.63) is 45.9 Å². The molecule has 1 fully saturated rings. The third kappa shape index (κ3) is 2.89. The van der Waals surface area contributed by atoms with Crippen LogP contribution in [0.5, 0.6) is 0 Å². The van der Waals surface area contributed by atoms with Gasteiger partial charge in [-0.1, -0.05) is 30.2 Å². The number of carbonyl (C=O) groups is 1. The van der Waals surface area contributed by atoms with Crippen molar-refractivity contribution in [1.82, 2.24) is 4.98 Å². The number of ether oxygens (including phenoxy) is 1. The summed E-state index contributed by atoms with van der Waals surface area (Å²) in [4.78, 5) is 17.1. The van der Waals surface area contributed by atoms with Crippen molar-refractivity contribution in [3.63, 3.8) is 0 Å². The van der Waals surface area contributed by atoms with Crippen molar-refractivity contribution >= 4 is 34.0 Å². The van der Waals surface area contributed by atoms with E-state index in [-0.39, 0.29) is 5.91 Å². The molecule has 1 amide bonds. The molecule has 1 aromatic heterocycles. The first-order valence-electron chi connectivity index (χ1n) is 7.15. The van der Waals surface area contributed by atoms with Crippen LogP contribution in [0.2, 0.25) is 5.02 Å². The van der Waals surface area contributed by atoms with Crippen molar-refractivity contribution in [2.75, 3.05) is 12.4 Å². The van der Waals surface area contributed by atoms with Gasteiger partial charge in [-0.15, -0.1) is 11.3 Å². The van der Waals surface area contributed by atoms with Crippen LogP contribution in [0, 0.1) is 0 Å². The highest BCUT2D eigenvalue weighted by Crippen LogP contribution is 2.45. The lowest BCUT2D eigenvalue weighted by atomic mass is 9.64. The average molecular weight is 337 g/mol. The van der Waals surface area contributed by atoms with Gasteiger partial charge in [-0.05, 0) is 30.5 Å². The third-order valence-electron chi connectivity index (χ3n) is 4.10. The summed E-state index contributed by atoms with van der Waals surface area (Å²) in [6.07, 6.45) is 2.77. The molecule has 0 atom stereocenters. The summed E-state index contributed by atoms with van der Waals surface area (Å²) < 4.78 is 5.05. The van der Waals surface area contributed by atoms with Gasteiger partial charge in [0.05, 0.1) is 17.7 Å². The number of aromatic nitrogens is 1. The predicted molar refractivity (Wildman–Crippen MR) is 88.4 cm³/mol. The standard InChI is InChI=1S/C16H17ClN2O2S/c1-21-9-13-10-22-15(18-13)19-14(20)16(7-2-8-16)11-3-5-12(17)6-4-11/h3-6,10H,2,7-9H2,1H3,(H,18,19,20). The molecule has 6 heteroatoms. The summed E-state index contributed by atoms with van der Waals surface area (Å²) in [5, 5.41) is 6.16. The van der Waals surface area contributed by atoms with Crippen molar-refractivity contribution in [1.29, 1.82) is 0 Å². The summed E-state index contributed by atoms with van der Waals surface area (Å²) in [6.45, 7) is 0.453. The molecule has 1 aliphatic carbocycles. The molecule has 0 aliphatic heterocycles. The molecule has 1 heterocycles. The zero-order chi connectivity index (χ0) is 15.6. The largest absolute Gasteiger partial charge is 0.378 e. The summed E-state index contributed by atoms with van der Waals surface area (Å²) in [7, 11) is 1.63. The van der Waals surface area contributed by atoms with Crippen LogP contribution in [-0.2, 0) is 21.6 Å². The number of nitrogens with zero attached hydrogens (tertiary/aromatic N) is 1. The number of nitrogens with one attached hydrogen (secondary N) is 1. The lowest BCUT2D eigenvalue weighted by molar-refractivity contribution is -0.124. The van der Waals surface area contributed by atoms with E-state index in [0.717, 1.165) is 30.5 Å². The number of halogens is 1. The molecule has 22 heavy (non-hydrogen) atoms. The van der Waals surface area contributed by atoms with Gasteiger partial charge in [-0.3, -0.25) is 4.79 Å². The van der Waals surface area contributed by atoms with Gasteiger partial charge in [0.15, 0.2) is 5.13 Å². The Bertz CT molecular complexity index is 665. The van der Waals surface area contributed by atoms with Crippen LogP contribution in [-0.4, -0.2) is 18.0 Å². The van der Waals surface area contributed by atoms with Crippen molar-refractivity contribution in [2.24, 2.45) is 0 Å². The van der Waals surface area contributed by atoms with E-state index in [1.165, 1.54) is 11.3 Å². The predicted octanol–water partition coefficient (Wildman–Crippen LogP) is 4.00. The van der Waals surface area contributed by atoms with Crippen molar-refractivity contribution < 1.29 is 9.53 Å². The van der Waals surface area contributed by atoms with Crippen LogP contribution < -0.4 is 5.32 Å². The SMILES string of the molecule is COCc1csc(NC(=O)C2(c3ccc(Cl)cc3)CCC2)n1. The van der Waals surface area contributed by atoms with Gasteiger partial charge in [0, 0.05) is 17.5 Å². The van der Waals surface area contributed by atoms with Crippen molar-refractivity contribution in [3.8, 4) is 0 Å². The summed E-state index contributed by atoms with van der Waals surface area (Å²) in [5.74, 6) is 0.0133. The quantitative estimate of drug-likeness (QED) is 0.897. The second-order valence-electron chi connectivity index (χ2n) is 5.47. The second kappa shape index (κ2) is 6.36. The molecule has 1 saturated carbocycles. The number of thiazole rings is 1. The van der Waals surface area contributed by atoms with Gasteiger partial charge in [0.25, 0.3) is 0 Å². The number of methoxy groups -OCH3 is 1. The minimum Gasteiger partial charge on any atom is -0.378 e. The molecular weight excluding hydrogens is 320 g/mol. The van der Waals surface area contributed by atoms with Gasteiger partial charge in [0.1, 0.15) is 0 Å². The number of amides is 1. The number of hydrogen-bond acceptors (Lipinski definition) is 4. The van der Waals surface area contributed by atoms with Crippen LogP contribution in [0.3, 0.4) is 0 Å². The topological polar surface area (TPSA) is 51.2 Å². The van der Waals surface area contributed by atoms with E-state index in [0.29, 0.717) is 16.8 Å². The van der Waals surface area contributed by atoms with Crippen LogP contribution >= 0.6 is 22.9 Å². The lowest BCUT2D eigenvalue weighted by Crippen LogP contribution is -2.45. The van der Waals surface area contributed by atoms with Crippen LogP contribution in [0.1, 0.15) is 30.5 Å². The Hall–Kier alpha value is -1.43. The Kier molecular flexibility index (Phi) is 4.47. The number of rotatable bonds is 5. The fourth-order valence-electron chi connectivity index (χ4n) is 2.74. The van der Waals surface area contributed by atoms with E-state index in [4.69, 9.17) is 16.3 Å². The first-order valence-corrected chi connectivity index (χ1v) is 8.41. The molecule has 3 rings (SSSR count). The van der Waals surface area contributed by atoms with Gasteiger partial charge in [0.2, 0.25) is 5.91 Å². The molecule has 4 nitrogen and oxygen atoms in total. The Labute approximate surface area is 138 Å². The molecule has 0 saturated heterocycles. The zero-order valence-electron chi connectivity index (χ0n) is 12.3. The Balaban J connectivity index is 1.77. The van der Waals surface area contributed by atoms with E-state index in [9.17, 15) is 4.79 Å². The first kappa shape index (κ1) is 15.5.